The van der Waals surface area contributed by atoms with Gasteiger partial charge in [0.15, 0.2) is 6.61 Å². The monoisotopic (exact) mass is 296 g/mol. The van der Waals surface area contributed by atoms with Crippen molar-refractivity contribution in [2.24, 2.45) is 0 Å². The van der Waals surface area contributed by atoms with Gasteiger partial charge in [-0.3, -0.25) is 4.79 Å². The van der Waals surface area contributed by atoms with Crippen molar-refractivity contribution >= 4 is 5.91 Å². The summed E-state index contributed by atoms with van der Waals surface area (Å²) in [5.74, 6) is -0.322. The second kappa shape index (κ2) is 7.32. The summed E-state index contributed by atoms with van der Waals surface area (Å²) in [4.78, 5) is 19.6. The minimum absolute atomic E-state index is 0.00226. The van der Waals surface area contributed by atoms with Gasteiger partial charge >= 0.3 is 0 Å². The van der Waals surface area contributed by atoms with Crippen molar-refractivity contribution in [2.45, 2.75) is 13.0 Å². The van der Waals surface area contributed by atoms with Crippen LogP contribution in [0.25, 0.3) is 0 Å². The Hall–Kier alpha value is -2.51. The summed E-state index contributed by atoms with van der Waals surface area (Å²) in [6, 6.07) is 2.82. The third kappa shape index (κ3) is 4.83. The predicted molar refractivity (Wildman–Crippen MR) is 70.3 cm³/mol. The summed E-state index contributed by atoms with van der Waals surface area (Å²) < 4.78 is 30.7. The maximum Gasteiger partial charge on any atom is 0.272 e. The molecule has 0 aliphatic rings. The first kappa shape index (κ1) is 14.9. The average Bonchev–Trinajstić information content (AvgIpc) is 2.98. The van der Waals surface area contributed by atoms with E-state index in [-0.39, 0.29) is 11.8 Å². The summed E-state index contributed by atoms with van der Waals surface area (Å²) in [7, 11) is 0. The topological polar surface area (TPSA) is 69.0 Å². The van der Waals surface area contributed by atoms with Gasteiger partial charge in [-0.2, -0.15) is 0 Å². The fourth-order valence-corrected chi connectivity index (χ4v) is 1.60. The highest BCUT2D eigenvalue weighted by Gasteiger charge is 2.09. The molecule has 0 atom stereocenters. The molecule has 0 aromatic carbocycles. The quantitative estimate of drug-likeness (QED) is 0.837. The number of pyridine rings is 1. The lowest BCUT2D eigenvalue weighted by atomic mass is 10.2. The van der Waals surface area contributed by atoms with E-state index in [0.717, 1.165) is 0 Å². The first-order valence-electron chi connectivity index (χ1n) is 6.26. The van der Waals surface area contributed by atoms with E-state index in [1.165, 1.54) is 18.3 Å². The Kier molecular flexibility index (Phi) is 5.19. The van der Waals surface area contributed by atoms with E-state index in [0.29, 0.717) is 18.7 Å². The van der Waals surface area contributed by atoms with Crippen molar-refractivity contribution in [1.29, 1.82) is 0 Å². The number of carbonyl (C=O) groups excluding carboxylic acids is 1. The number of amides is 1. The van der Waals surface area contributed by atoms with E-state index >= 15 is 0 Å². The number of imidazole rings is 1. The molecule has 8 heteroatoms. The Labute approximate surface area is 119 Å². The third-order valence-electron chi connectivity index (χ3n) is 2.57. The molecule has 2 rings (SSSR count). The molecular formula is C13H14F2N4O2. The molecule has 6 nitrogen and oxygen atoms in total. The summed E-state index contributed by atoms with van der Waals surface area (Å²) in [6.07, 6.45) is 3.84. The van der Waals surface area contributed by atoms with Gasteiger partial charge in [0.2, 0.25) is 5.88 Å². The van der Waals surface area contributed by atoms with Crippen LogP contribution in [0.1, 0.15) is 10.4 Å². The molecule has 0 bridgehead atoms. The summed E-state index contributed by atoms with van der Waals surface area (Å²) in [5.41, 5.74) is 0.305. The molecule has 2 aromatic rings. The highest BCUT2D eigenvalue weighted by molar-refractivity contribution is 5.94. The number of halogens is 2. The van der Waals surface area contributed by atoms with Crippen LogP contribution < -0.4 is 10.1 Å². The highest BCUT2D eigenvalue weighted by Crippen LogP contribution is 2.10. The normalized spacial score (nSPS) is 10.6. The van der Waals surface area contributed by atoms with Crippen LogP contribution in [0.2, 0.25) is 0 Å². The largest absolute Gasteiger partial charge is 0.472 e. The zero-order chi connectivity index (χ0) is 15.1. The summed E-state index contributed by atoms with van der Waals surface area (Å²) in [5, 5.41) is 2.71. The zero-order valence-corrected chi connectivity index (χ0v) is 11.1. The lowest BCUT2D eigenvalue weighted by molar-refractivity contribution is 0.0794. The lowest BCUT2D eigenvalue weighted by Crippen LogP contribution is -2.27. The molecular weight excluding hydrogens is 282 g/mol. The molecule has 0 fully saturated rings. The molecule has 0 saturated carbocycles. The number of nitrogens with zero attached hydrogens (tertiary/aromatic N) is 3. The van der Waals surface area contributed by atoms with Crippen LogP contribution in [0.4, 0.5) is 8.78 Å². The molecule has 2 aromatic heterocycles. The third-order valence-corrected chi connectivity index (χ3v) is 2.57. The van der Waals surface area contributed by atoms with Gasteiger partial charge in [-0.1, -0.05) is 0 Å². The van der Waals surface area contributed by atoms with Gasteiger partial charge in [0, 0.05) is 43.3 Å². The van der Waals surface area contributed by atoms with Crippen molar-refractivity contribution in [3.63, 3.8) is 0 Å². The fourth-order valence-electron chi connectivity index (χ4n) is 1.60. The Morgan fingerprint density at radius 3 is 3.00 bits per heavy atom. The molecule has 0 spiro atoms. The summed E-state index contributed by atoms with van der Waals surface area (Å²) in [6.45, 7) is 0.259. The molecule has 0 aliphatic heterocycles. The lowest BCUT2D eigenvalue weighted by Gasteiger charge is -2.08. The first-order valence-corrected chi connectivity index (χ1v) is 6.26. The number of rotatable bonds is 7. The number of alkyl halides is 2. The van der Waals surface area contributed by atoms with Crippen molar-refractivity contribution in [3.8, 4) is 5.88 Å². The molecule has 0 radical (unpaired) electrons. The Bertz CT molecular complexity index is 575. The van der Waals surface area contributed by atoms with Gasteiger partial charge in [-0.15, -0.1) is 0 Å². The first-order chi connectivity index (χ1) is 10.1. The Balaban J connectivity index is 1.85. The SMILES string of the molecule is O=C(NCCn1ccnc1)c1ccnc(OCC(F)F)c1. The van der Waals surface area contributed by atoms with E-state index in [4.69, 9.17) is 4.74 Å². The van der Waals surface area contributed by atoms with Crippen LogP contribution >= 0.6 is 0 Å². The fraction of sp³-hybridized carbons (Fsp3) is 0.308. The second-order valence-electron chi connectivity index (χ2n) is 4.14. The number of hydrogen-bond acceptors (Lipinski definition) is 4. The van der Waals surface area contributed by atoms with E-state index in [1.807, 2.05) is 4.57 Å². The van der Waals surface area contributed by atoms with E-state index in [2.05, 4.69) is 15.3 Å². The van der Waals surface area contributed by atoms with Crippen LogP contribution in [-0.4, -0.2) is 40.0 Å². The minimum atomic E-state index is -2.58. The van der Waals surface area contributed by atoms with Gasteiger partial charge in [0.05, 0.1) is 6.33 Å². The number of nitrogens with one attached hydrogen (secondary N) is 1. The van der Waals surface area contributed by atoms with Gasteiger partial charge in [0.1, 0.15) is 0 Å². The molecule has 112 valence electrons. The van der Waals surface area contributed by atoms with Crippen LogP contribution in [0.3, 0.4) is 0 Å². The zero-order valence-electron chi connectivity index (χ0n) is 11.1. The van der Waals surface area contributed by atoms with Gasteiger partial charge in [0.25, 0.3) is 12.3 Å². The van der Waals surface area contributed by atoms with E-state index in [1.54, 1.807) is 18.7 Å². The van der Waals surface area contributed by atoms with Crippen LogP contribution in [-0.2, 0) is 6.54 Å². The van der Waals surface area contributed by atoms with Crippen LogP contribution in [0, 0.1) is 0 Å². The molecule has 0 unspecified atom stereocenters. The van der Waals surface area contributed by atoms with Crippen LogP contribution in [0.15, 0.2) is 37.1 Å². The molecule has 2 heterocycles. The van der Waals surface area contributed by atoms with Gasteiger partial charge < -0.3 is 14.6 Å². The standard InChI is InChI=1S/C13H14F2N4O2/c14-11(15)8-21-12-7-10(1-2-17-12)13(20)18-4-6-19-5-3-16-9-19/h1-3,5,7,9,11H,4,6,8H2,(H,18,20). The maximum absolute atomic E-state index is 12.0. The summed E-state index contributed by atoms with van der Waals surface area (Å²) >= 11 is 0. The van der Waals surface area contributed by atoms with Crippen molar-refractivity contribution in [3.05, 3.63) is 42.6 Å². The number of aromatic nitrogens is 3. The van der Waals surface area contributed by atoms with Gasteiger partial charge in [-0.25, -0.2) is 18.7 Å². The molecule has 21 heavy (non-hydrogen) atoms. The van der Waals surface area contributed by atoms with Crippen molar-refractivity contribution in [2.75, 3.05) is 13.2 Å². The molecule has 0 saturated heterocycles. The Morgan fingerprint density at radius 2 is 2.29 bits per heavy atom. The number of hydrogen-bond donors (Lipinski definition) is 1. The second-order valence-corrected chi connectivity index (χ2v) is 4.14. The predicted octanol–water partition coefficient (Wildman–Crippen LogP) is 1.35. The van der Waals surface area contributed by atoms with Gasteiger partial charge in [-0.05, 0) is 6.07 Å². The average molecular weight is 296 g/mol. The number of ether oxygens (including phenoxy) is 1. The van der Waals surface area contributed by atoms with E-state index < -0.39 is 13.0 Å². The van der Waals surface area contributed by atoms with Crippen molar-refractivity contribution < 1.29 is 18.3 Å². The van der Waals surface area contributed by atoms with Crippen LogP contribution in [0.5, 0.6) is 5.88 Å². The Morgan fingerprint density at radius 1 is 1.43 bits per heavy atom. The number of carbonyl (C=O) groups is 1. The molecule has 1 amide bonds. The minimum Gasteiger partial charge on any atom is -0.472 e. The highest BCUT2D eigenvalue weighted by atomic mass is 19.3. The smallest absolute Gasteiger partial charge is 0.272 e. The van der Waals surface area contributed by atoms with E-state index in [9.17, 15) is 13.6 Å². The molecule has 1 N–H and O–H groups in total. The molecule has 0 aliphatic carbocycles. The van der Waals surface area contributed by atoms with Crippen molar-refractivity contribution in [1.82, 2.24) is 19.9 Å². The maximum atomic E-state index is 12.0.